The fourth-order valence-corrected chi connectivity index (χ4v) is 3.57. The highest BCUT2D eigenvalue weighted by Gasteiger charge is 2.40. The molecule has 8 heteroatoms. The lowest BCUT2D eigenvalue weighted by atomic mass is 9.87. The van der Waals surface area contributed by atoms with E-state index in [9.17, 15) is 9.59 Å². The van der Waals surface area contributed by atoms with E-state index >= 15 is 0 Å². The van der Waals surface area contributed by atoms with Crippen LogP contribution in [0, 0.1) is 11.8 Å². The van der Waals surface area contributed by atoms with E-state index < -0.39 is 6.04 Å². The normalized spacial score (nSPS) is 20.5. The van der Waals surface area contributed by atoms with Crippen molar-refractivity contribution in [3.63, 3.8) is 0 Å². The fourth-order valence-electron chi connectivity index (χ4n) is 3.57. The maximum absolute atomic E-state index is 13.0. The van der Waals surface area contributed by atoms with Crippen LogP contribution in [-0.4, -0.2) is 63.7 Å². The number of amides is 2. The summed E-state index contributed by atoms with van der Waals surface area (Å²) < 4.78 is 10.6. The summed E-state index contributed by atoms with van der Waals surface area (Å²) in [4.78, 5) is 29.0. The molecule has 2 heterocycles. The number of anilines is 1. The zero-order valence-corrected chi connectivity index (χ0v) is 17.0. The topological polar surface area (TPSA) is 71.1 Å². The number of nitrogens with zero attached hydrogens (tertiary/aromatic N) is 2. The predicted octanol–water partition coefficient (Wildman–Crippen LogP) is 1.54. The summed E-state index contributed by atoms with van der Waals surface area (Å²) in [5.41, 5.74) is 0.728. The molecule has 3 rings (SSSR count). The first-order chi connectivity index (χ1) is 12.5. The number of halogens is 1. The third-order valence-corrected chi connectivity index (χ3v) is 5.55. The van der Waals surface area contributed by atoms with Crippen LogP contribution in [0.1, 0.15) is 13.3 Å². The third kappa shape index (κ3) is 4.14. The van der Waals surface area contributed by atoms with E-state index in [2.05, 4.69) is 5.32 Å². The number of methoxy groups -OCH3 is 2. The molecule has 0 aromatic heterocycles. The summed E-state index contributed by atoms with van der Waals surface area (Å²) in [5, 5.41) is 3.19. The van der Waals surface area contributed by atoms with Crippen LogP contribution in [-0.2, 0) is 9.59 Å². The highest BCUT2D eigenvalue weighted by Crippen LogP contribution is 2.32. The van der Waals surface area contributed by atoms with Gasteiger partial charge in [0.15, 0.2) is 0 Å². The maximum Gasteiger partial charge on any atom is 0.249 e. The largest absolute Gasteiger partial charge is 0.497 e. The van der Waals surface area contributed by atoms with Gasteiger partial charge in [-0.2, -0.15) is 0 Å². The van der Waals surface area contributed by atoms with Gasteiger partial charge in [-0.15, -0.1) is 12.4 Å². The first-order valence-corrected chi connectivity index (χ1v) is 8.98. The molecule has 2 saturated heterocycles. The summed E-state index contributed by atoms with van der Waals surface area (Å²) >= 11 is 0. The molecule has 0 radical (unpaired) electrons. The van der Waals surface area contributed by atoms with Crippen molar-refractivity contribution in [3.8, 4) is 11.5 Å². The van der Waals surface area contributed by atoms with E-state index in [1.807, 2.05) is 19.1 Å². The summed E-state index contributed by atoms with van der Waals surface area (Å²) in [6, 6.07) is 4.97. The van der Waals surface area contributed by atoms with E-state index in [1.165, 1.54) is 0 Å². The number of nitrogens with one attached hydrogen (secondary N) is 1. The highest BCUT2D eigenvalue weighted by molar-refractivity contribution is 6.01. The standard InChI is InChI=1S/C19H27N3O4.ClH/c1-12(13-10-20-11-13)18(23)21(2)17-5-6-22(19(17)24)14-7-15(25-3)9-16(8-14)26-4;/h7-9,12-13,17,20H,5-6,10-11H2,1-4H3;1H. The van der Waals surface area contributed by atoms with Gasteiger partial charge in [-0.25, -0.2) is 0 Å². The van der Waals surface area contributed by atoms with Crippen molar-refractivity contribution in [2.75, 3.05) is 45.8 Å². The minimum atomic E-state index is -0.421. The van der Waals surface area contributed by atoms with Crippen molar-refractivity contribution in [3.05, 3.63) is 18.2 Å². The van der Waals surface area contributed by atoms with Gasteiger partial charge in [0.05, 0.1) is 19.9 Å². The Morgan fingerprint density at radius 2 is 1.81 bits per heavy atom. The van der Waals surface area contributed by atoms with E-state index in [0.29, 0.717) is 30.4 Å². The van der Waals surface area contributed by atoms with Crippen LogP contribution >= 0.6 is 12.4 Å². The van der Waals surface area contributed by atoms with E-state index in [4.69, 9.17) is 9.47 Å². The Balaban J connectivity index is 0.00000261. The molecule has 27 heavy (non-hydrogen) atoms. The number of hydrogen-bond acceptors (Lipinski definition) is 5. The molecule has 2 aliphatic rings. The van der Waals surface area contributed by atoms with Gasteiger partial charge in [-0.05, 0) is 25.4 Å². The number of carbonyl (C=O) groups is 2. The molecule has 1 N–H and O–H groups in total. The summed E-state index contributed by atoms with van der Waals surface area (Å²) in [5.74, 6) is 1.53. The Morgan fingerprint density at radius 3 is 2.30 bits per heavy atom. The summed E-state index contributed by atoms with van der Waals surface area (Å²) in [7, 11) is 4.90. The van der Waals surface area contributed by atoms with Gasteiger partial charge < -0.3 is 24.6 Å². The smallest absolute Gasteiger partial charge is 0.249 e. The van der Waals surface area contributed by atoms with Crippen LogP contribution in [0.3, 0.4) is 0 Å². The van der Waals surface area contributed by atoms with Gasteiger partial charge in [0.25, 0.3) is 0 Å². The SMILES string of the molecule is COc1cc(OC)cc(N2CCC(N(C)C(=O)C(C)C3CNC3)C2=O)c1.Cl. The number of rotatable bonds is 6. The molecule has 0 aliphatic carbocycles. The van der Waals surface area contributed by atoms with Crippen LogP contribution in [0.25, 0.3) is 0 Å². The van der Waals surface area contributed by atoms with Crippen molar-refractivity contribution in [2.45, 2.75) is 19.4 Å². The Morgan fingerprint density at radius 1 is 1.22 bits per heavy atom. The third-order valence-electron chi connectivity index (χ3n) is 5.55. The second-order valence-corrected chi connectivity index (χ2v) is 7.02. The maximum atomic E-state index is 13.0. The molecule has 2 atom stereocenters. The minimum absolute atomic E-state index is 0. The molecule has 2 amide bonds. The monoisotopic (exact) mass is 397 g/mol. The lowest BCUT2D eigenvalue weighted by Crippen LogP contribution is -2.52. The Bertz CT molecular complexity index is 673. The molecule has 150 valence electrons. The minimum Gasteiger partial charge on any atom is -0.497 e. The van der Waals surface area contributed by atoms with Gasteiger partial charge in [0.1, 0.15) is 17.5 Å². The highest BCUT2D eigenvalue weighted by atomic mass is 35.5. The van der Waals surface area contributed by atoms with Crippen LogP contribution in [0.15, 0.2) is 18.2 Å². The fraction of sp³-hybridized carbons (Fsp3) is 0.579. The van der Waals surface area contributed by atoms with Crippen LogP contribution < -0.4 is 19.7 Å². The Labute approximate surface area is 166 Å². The van der Waals surface area contributed by atoms with Gasteiger partial charge in [-0.1, -0.05) is 6.92 Å². The molecule has 7 nitrogen and oxygen atoms in total. The molecular formula is C19H28ClN3O4. The lowest BCUT2D eigenvalue weighted by molar-refractivity contribution is -0.141. The predicted molar refractivity (Wildman–Crippen MR) is 106 cm³/mol. The number of ether oxygens (including phenoxy) is 2. The van der Waals surface area contributed by atoms with Crippen LogP contribution in [0.4, 0.5) is 5.69 Å². The van der Waals surface area contributed by atoms with Crippen molar-refractivity contribution in [2.24, 2.45) is 11.8 Å². The zero-order valence-electron chi connectivity index (χ0n) is 16.2. The van der Waals surface area contributed by atoms with E-state index in [1.54, 1.807) is 37.1 Å². The van der Waals surface area contributed by atoms with Gasteiger partial charge in [0, 0.05) is 37.7 Å². The molecule has 2 unspecified atom stereocenters. The number of hydrogen-bond donors (Lipinski definition) is 1. The first kappa shape index (κ1) is 21.3. The van der Waals surface area contributed by atoms with Gasteiger partial charge in [-0.3, -0.25) is 9.59 Å². The molecule has 2 aliphatic heterocycles. The van der Waals surface area contributed by atoms with Crippen molar-refractivity contribution >= 4 is 29.9 Å². The Kier molecular flexibility index (Phi) is 6.95. The van der Waals surface area contributed by atoms with Gasteiger partial charge in [0.2, 0.25) is 11.8 Å². The zero-order chi connectivity index (χ0) is 18.8. The average molecular weight is 398 g/mol. The van der Waals surface area contributed by atoms with E-state index in [-0.39, 0.29) is 30.1 Å². The van der Waals surface area contributed by atoms with Crippen molar-refractivity contribution in [1.82, 2.24) is 10.2 Å². The lowest BCUT2D eigenvalue weighted by Gasteiger charge is -2.35. The first-order valence-electron chi connectivity index (χ1n) is 8.98. The number of likely N-dealkylation sites (N-methyl/N-ethyl adjacent to an activating group) is 1. The molecule has 0 bridgehead atoms. The van der Waals surface area contributed by atoms with E-state index in [0.717, 1.165) is 18.8 Å². The molecule has 0 saturated carbocycles. The summed E-state index contributed by atoms with van der Waals surface area (Å²) in [6.45, 7) is 4.26. The number of benzene rings is 1. The average Bonchev–Trinajstić information content (AvgIpc) is 2.99. The van der Waals surface area contributed by atoms with Crippen molar-refractivity contribution in [1.29, 1.82) is 0 Å². The second-order valence-electron chi connectivity index (χ2n) is 7.02. The Hall–Kier alpha value is -1.99. The summed E-state index contributed by atoms with van der Waals surface area (Å²) in [6.07, 6.45) is 0.621. The molecule has 2 fully saturated rings. The van der Waals surface area contributed by atoms with Crippen molar-refractivity contribution < 1.29 is 19.1 Å². The number of carbonyl (C=O) groups excluding carboxylic acids is 2. The van der Waals surface area contributed by atoms with Crippen LogP contribution in [0.2, 0.25) is 0 Å². The molecule has 0 spiro atoms. The van der Waals surface area contributed by atoms with Crippen LogP contribution in [0.5, 0.6) is 11.5 Å². The molecular weight excluding hydrogens is 370 g/mol. The second kappa shape index (κ2) is 8.80. The quantitative estimate of drug-likeness (QED) is 0.788. The van der Waals surface area contributed by atoms with Gasteiger partial charge >= 0.3 is 0 Å². The molecule has 1 aromatic rings. The molecule has 1 aromatic carbocycles.